The molecule has 0 aliphatic carbocycles. The molecule has 1 aliphatic heterocycles. The van der Waals surface area contributed by atoms with Gasteiger partial charge in [0.2, 0.25) is 0 Å². The Kier molecular flexibility index (Phi) is 5.28. The average molecular weight is 382 g/mol. The minimum atomic E-state index is -0.933. The fourth-order valence-electron chi connectivity index (χ4n) is 3.40. The molecule has 1 unspecified atom stereocenters. The number of benzene rings is 1. The van der Waals surface area contributed by atoms with Gasteiger partial charge in [0.1, 0.15) is 18.2 Å². The van der Waals surface area contributed by atoms with Crippen molar-refractivity contribution in [2.75, 3.05) is 13.2 Å². The summed E-state index contributed by atoms with van der Waals surface area (Å²) >= 11 is 0. The molecule has 1 fully saturated rings. The summed E-state index contributed by atoms with van der Waals surface area (Å²) in [4.78, 5) is 17.2. The lowest BCUT2D eigenvalue weighted by atomic mass is 9.66. The number of carboxylic acid groups (broad SMARTS) is 1. The van der Waals surface area contributed by atoms with Gasteiger partial charge in [-0.05, 0) is 36.1 Å². The summed E-state index contributed by atoms with van der Waals surface area (Å²) in [7, 11) is 0. The number of carbonyl (C=O) groups is 1. The van der Waals surface area contributed by atoms with E-state index in [-0.39, 0.29) is 17.8 Å². The van der Waals surface area contributed by atoms with Crippen molar-refractivity contribution >= 4 is 6.09 Å². The van der Waals surface area contributed by atoms with Crippen molar-refractivity contribution in [3.63, 3.8) is 0 Å². The smallest absolute Gasteiger partial charge is 0.407 e. The van der Waals surface area contributed by atoms with Crippen molar-refractivity contribution in [2.24, 2.45) is 5.41 Å². The van der Waals surface area contributed by atoms with Gasteiger partial charge in [-0.15, -0.1) is 0 Å². The van der Waals surface area contributed by atoms with E-state index in [1.807, 2.05) is 20.8 Å². The van der Waals surface area contributed by atoms with Gasteiger partial charge in [0, 0.05) is 23.9 Å². The number of rotatable bonds is 3. The lowest BCUT2D eigenvalue weighted by Crippen LogP contribution is -2.70. The van der Waals surface area contributed by atoms with Gasteiger partial charge < -0.3 is 9.84 Å². The number of halogens is 1. The summed E-state index contributed by atoms with van der Waals surface area (Å²) in [6.07, 6.45) is 2.99. The lowest BCUT2D eigenvalue weighted by molar-refractivity contribution is -0.0962. The number of hydrogen-bond acceptors (Lipinski definition) is 3. The van der Waals surface area contributed by atoms with Gasteiger partial charge in [0.15, 0.2) is 0 Å². The zero-order valence-corrected chi connectivity index (χ0v) is 16.2. The number of amides is 1. The molecule has 2 heterocycles. The molecule has 0 radical (unpaired) electrons. The van der Waals surface area contributed by atoms with Gasteiger partial charge >= 0.3 is 6.09 Å². The quantitative estimate of drug-likeness (QED) is 0.810. The van der Waals surface area contributed by atoms with E-state index >= 15 is 0 Å². The Labute approximate surface area is 164 Å². The Bertz CT molecular complexity index is 943. The standard InChI is InChI=1S/C22H23FN2O3/c1-21(2,3)22(9-10-25(22)20(26)27)15-28-19-12-17(13-24-14-19)8-7-16-5-4-6-18(23)11-16/h4-6,11-14H,9-10,15H2,1-3H3,(H,26,27). The Morgan fingerprint density at radius 2 is 2.04 bits per heavy atom. The van der Waals surface area contributed by atoms with Crippen molar-refractivity contribution in [3.05, 3.63) is 59.7 Å². The predicted octanol–water partition coefficient (Wildman–Crippen LogP) is 4.17. The third-order valence-corrected chi connectivity index (χ3v) is 5.26. The van der Waals surface area contributed by atoms with E-state index in [1.54, 1.807) is 30.6 Å². The van der Waals surface area contributed by atoms with Crippen molar-refractivity contribution in [1.82, 2.24) is 9.88 Å². The van der Waals surface area contributed by atoms with E-state index in [4.69, 9.17) is 4.74 Å². The highest BCUT2D eigenvalue weighted by Gasteiger charge is 2.55. The maximum Gasteiger partial charge on any atom is 0.407 e. The number of pyridine rings is 1. The number of likely N-dealkylation sites (tertiary alicyclic amines) is 1. The summed E-state index contributed by atoms with van der Waals surface area (Å²) in [5.74, 6) is 6.03. The van der Waals surface area contributed by atoms with E-state index in [2.05, 4.69) is 16.8 Å². The molecule has 1 aliphatic rings. The minimum absolute atomic E-state index is 0.241. The highest BCUT2D eigenvalue weighted by Crippen LogP contribution is 2.45. The molecule has 3 rings (SSSR count). The lowest BCUT2D eigenvalue weighted by Gasteiger charge is -2.57. The Balaban J connectivity index is 1.75. The van der Waals surface area contributed by atoms with Gasteiger partial charge in [-0.25, -0.2) is 9.18 Å². The predicted molar refractivity (Wildman–Crippen MR) is 104 cm³/mol. The van der Waals surface area contributed by atoms with E-state index in [0.29, 0.717) is 23.4 Å². The normalized spacial score (nSPS) is 18.6. The molecule has 1 saturated heterocycles. The molecule has 1 aromatic heterocycles. The second-order valence-electron chi connectivity index (χ2n) is 7.92. The third-order valence-electron chi connectivity index (χ3n) is 5.26. The van der Waals surface area contributed by atoms with Crippen LogP contribution in [0.15, 0.2) is 42.7 Å². The summed E-state index contributed by atoms with van der Waals surface area (Å²) in [6, 6.07) is 7.82. The molecular formula is C22H23FN2O3. The first-order valence-corrected chi connectivity index (χ1v) is 9.07. The molecule has 1 amide bonds. The van der Waals surface area contributed by atoms with Crippen LogP contribution >= 0.6 is 0 Å². The summed E-state index contributed by atoms with van der Waals surface area (Å²) in [5, 5.41) is 9.48. The number of aromatic nitrogens is 1. The molecule has 0 spiro atoms. The summed E-state index contributed by atoms with van der Waals surface area (Å²) in [6.45, 7) is 6.80. The number of hydrogen-bond donors (Lipinski definition) is 1. The molecule has 0 saturated carbocycles. The largest absolute Gasteiger partial charge is 0.489 e. The van der Waals surface area contributed by atoms with Crippen molar-refractivity contribution < 1.29 is 19.0 Å². The number of ether oxygens (including phenoxy) is 1. The molecular weight excluding hydrogens is 359 g/mol. The van der Waals surface area contributed by atoms with Crippen LogP contribution in [-0.4, -0.2) is 39.8 Å². The van der Waals surface area contributed by atoms with E-state index in [0.717, 1.165) is 6.42 Å². The first kappa shape index (κ1) is 19.7. The van der Waals surface area contributed by atoms with Crippen LogP contribution in [0, 0.1) is 23.1 Å². The molecule has 1 aromatic carbocycles. The van der Waals surface area contributed by atoms with E-state index in [9.17, 15) is 14.3 Å². The van der Waals surface area contributed by atoms with E-state index in [1.165, 1.54) is 17.0 Å². The van der Waals surface area contributed by atoms with Crippen LogP contribution in [0.2, 0.25) is 0 Å². The zero-order chi connectivity index (χ0) is 20.4. The van der Waals surface area contributed by atoms with Gasteiger partial charge in [0.05, 0.1) is 11.7 Å². The van der Waals surface area contributed by atoms with Crippen molar-refractivity contribution in [1.29, 1.82) is 0 Å². The molecule has 2 aromatic rings. The van der Waals surface area contributed by atoms with Crippen molar-refractivity contribution in [3.8, 4) is 17.6 Å². The molecule has 5 nitrogen and oxygen atoms in total. The second-order valence-corrected chi connectivity index (χ2v) is 7.92. The highest BCUT2D eigenvalue weighted by molar-refractivity contribution is 5.68. The Morgan fingerprint density at radius 1 is 1.29 bits per heavy atom. The van der Waals surface area contributed by atoms with Crippen LogP contribution in [0.4, 0.5) is 9.18 Å². The first-order valence-electron chi connectivity index (χ1n) is 9.07. The average Bonchev–Trinajstić information content (AvgIpc) is 2.58. The third kappa shape index (κ3) is 3.94. The van der Waals surface area contributed by atoms with Gasteiger partial charge in [-0.1, -0.05) is 38.7 Å². The van der Waals surface area contributed by atoms with Crippen LogP contribution in [0.3, 0.4) is 0 Å². The Hall–Kier alpha value is -3.07. The van der Waals surface area contributed by atoms with Gasteiger partial charge in [-0.2, -0.15) is 0 Å². The fraction of sp³-hybridized carbons (Fsp3) is 0.364. The molecule has 1 N–H and O–H groups in total. The molecule has 6 heteroatoms. The Morgan fingerprint density at radius 3 is 2.64 bits per heavy atom. The summed E-state index contributed by atoms with van der Waals surface area (Å²) < 4.78 is 19.2. The molecule has 1 atom stereocenters. The maximum atomic E-state index is 13.2. The van der Waals surface area contributed by atoms with Crippen LogP contribution in [-0.2, 0) is 0 Å². The van der Waals surface area contributed by atoms with Crippen LogP contribution < -0.4 is 4.74 Å². The van der Waals surface area contributed by atoms with Crippen LogP contribution in [0.25, 0.3) is 0 Å². The maximum absolute atomic E-state index is 13.2. The van der Waals surface area contributed by atoms with Gasteiger partial charge in [-0.3, -0.25) is 9.88 Å². The zero-order valence-electron chi connectivity index (χ0n) is 16.2. The molecule has 0 bridgehead atoms. The van der Waals surface area contributed by atoms with Crippen LogP contribution in [0.5, 0.6) is 5.75 Å². The fourth-order valence-corrected chi connectivity index (χ4v) is 3.40. The van der Waals surface area contributed by atoms with E-state index < -0.39 is 11.6 Å². The van der Waals surface area contributed by atoms with Gasteiger partial charge in [0.25, 0.3) is 0 Å². The highest BCUT2D eigenvalue weighted by atomic mass is 19.1. The SMILES string of the molecule is CC(C)(C)C1(COc2cncc(C#Cc3cccc(F)c3)c2)CCN1C(=O)O. The van der Waals surface area contributed by atoms with Crippen LogP contribution in [0.1, 0.15) is 38.3 Å². The second kappa shape index (κ2) is 7.51. The van der Waals surface area contributed by atoms with Crippen molar-refractivity contribution in [2.45, 2.75) is 32.7 Å². The monoisotopic (exact) mass is 382 g/mol. The number of nitrogens with zero attached hydrogens (tertiary/aromatic N) is 2. The molecule has 28 heavy (non-hydrogen) atoms. The topological polar surface area (TPSA) is 62.7 Å². The first-order chi connectivity index (χ1) is 13.2. The molecule has 146 valence electrons. The summed E-state index contributed by atoms with van der Waals surface area (Å²) in [5.41, 5.74) is 0.355. The minimum Gasteiger partial charge on any atom is -0.489 e.